The summed E-state index contributed by atoms with van der Waals surface area (Å²) in [5, 5.41) is 37.1. The van der Waals surface area contributed by atoms with Gasteiger partial charge in [-0.15, -0.1) is 0 Å². The van der Waals surface area contributed by atoms with Crippen molar-refractivity contribution >= 4 is 34.6 Å². The molecule has 0 fully saturated rings. The van der Waals surface area contributed by atoms with E-state index >= 15 is 0 Å². The molecule has 3 amide bonds. The number of amides is 3. The zero-order chi connectivity index (χ0) is 27.9. The fraction of sp³-hybridized carbons (Fsp3) is 0.520. The summed E-state index contributed by atoms with van der Waals surface area (Å²) in [4.78, 5) is 53.5. The van der Waals surface area contributed by atoms with E-state index in [1.807, 2.05) is 38.1 Å². The first-order valence-electron chi connectivity index (χ1n) is 12.1. The lowest BCUT2D eigenvalue weighted by molar-refractivity contribution is -0.145. The molecule has 2 aromatic rings. The highest BCUT2D eigenvalue weighted by molar-refractivity contribution is 5.95. The van der Waals surface area contributed by atoms with Gasteiger partial charge in [-0.25, -0.2) is 4.79 Å². The highest BCUT2D eigenvalue weighted by Crippen LogP contribution is 2.19. The largest absolute Gasteiger partial charge is 0.480 e. The van der Waals surface area contributed by atoms with Gasteiger partial charge in [-0.3, -0.25) is 14.4 Å². The van der Waals surface area contributed by atoms with Crippen LogP contribution in [0.5, 0.6) is 0 Å². The smallest absolute Gasteiger partial charge is 0.328 e. The van der Waals surface area contributed by atoms with E-state index in [0.717, 1.165) is 10.9 Å². The summed E-state index contributed by atoms with van der Waals surface area (Å²) in [5.74, 6) is -3.68. The molecule has 2 rings (SSSR count). The van der Waals surface area contributed by atoms with Gasteiger partial charge in [0.15, 0.2) is 6.04 Å². The average molecular weight is 520 g/mol. The number of hydrogen-bond acceptors (Lipinski definition) is 7. The molecule has 0 saturated heterocycles. The number of para-hydroxylation sites is 1. The number of aliphatic hydroxyl groups excluding tert-OH is 2. The number of rotatable bonds is 13. The van der Waals surface area contributed by atoms with Crippen molar-refractivity contribution in [3.8, 4) is 0 Å². The van der Waals surface area contributed by atoms with E-state index in [1.54, 1.807) is 6.20 Å². The predicted octanol–water partition coefficient (Wildman–Crippen LogP) is -0.616. The fourth-order valence-electron chi connectivity index (χ4n) is 3.83. The molecule has 12 heteroatoms. The normalized spacial score (nSPS) is 16.3. The topological polar surface area (TPSA) is 207 Å². The molecule has 12 nitrogen and oxygen atoms in total. The fourth-order valence-corrected chi connectivity index (χ4v) is 3.83. The molecule has 9 N–H and O–H groups in total. The Bertz CT molecular complexity index is 1100. The van der Waals surface area contributed by atoms with Gasteiger partial charge in [-0.05, 0) is 37.8 Å². The van der Waals surface area contributed by atoms with Crippen molar-refractivity contribution in [2.24, 2.45) is 11.7 Å². The predicted molar refractivity (Wildman–Crippen MR) is 136 cm³/mol. The Kier molecular flexibility index (Phi) is 10.6. The summed E-state index contributed by atoms with van der Waals surface area (Å²) in [7, 11) is 0. The minimum Gasteiger partial charge on any atom is -0.480 e. The van der Waals surface area contributed by atoms with Crippen molar-refractivity contribution in [2.75, 3.05) is 0 Å². The molecule has 1 aromatic carbocycles. The van der Waals surface area contributed by atoms with Crippen molar-refractivity contribution in [3.63, 3.8) is 0 Å². The Balaban J connectivity index is 2.34. The van der Waals surface area contributed by atoms with Crippen LogP contribution in [0.4, 0.5) is 0 Å². The first kappa shape index (κ1) is 29.7. The molecular weight excluding hydrogens is 482 g/mol. The summed E-state index contributed by atoms with van der Waals surface area (Å²) in [6, 6.07) is 2.20. The third-order valence-electron chi connectivity index (χ3n) is 5.94. The van der Waals surface area contributed by atoms with Gasteiger partial charge in [-0.2, -0.15) is 0 Å². The number of aliphatic hydroxyl groups is 2. The summed E-state index contributed by atoms with van der Waals surface area (Å²) < 4.78 is 0. The Morgan fingerprint density at radius 1 is 0.892 bits per heavy atom. The number of benzene rings is 1. The van der Waals surface area contributed by atoms with E-state index in [9.17, 15) is 34.5 Å². The van der Waals surface area contributed by atoms with Gasteiger partial charge in [0.1, 0.15) is 18.1 Å². The van der Waals surface area contributed by atoms with E-state index in [-0.39, 0.29) is 18.8 Å². The number of aliphatic carboxylic acids is 1. The molecule has 1 aromatic heterocycles. The van der Waals surface area contributed by atoms with Crippen LogP contribution in [-0.4, -0.2) is 80.4 Å². The number of carboxylic acid groups (broad SMARTS) is 1. The SMILES string of the molecule is CC(C)C[C@H](NC(=O)[C@@H](N)[C@@H](C)O)C(=O)N[C@@H](Cc1c[nH]c2ccccc12)C(=O)N[C@H](C(=O)O)[C@@H](C)O. The molecule has 0 spiro atoms. The maximum atomic E-state index is 13.3. The lowest BCUT2D eigenvalue weighted by Crippen LogP contribution is -2.59. The van der Waals surface area contributed by atoms with E-state index in [4.69, 9.17) is 5.73 Å². The monoisotopic (exact) mass is 519 g/mol. The second kappa shape index (κ2) is 13.2. The van der Waals surface area contributed by atoms with Gasteiger partial charge >= 0.3 is 5.97 Å². The van der Waals surface area contributed by atoms with Crippen LogP contribution in [-0.2, 0) is 25.6 Å². The number of H-pyrrole nitrogens is 1. The lowest BCUT2D eigenvalue weighted by Gasteiger charge is -2.27. The second-order valence-corrected chi connectivity index (χ2v) is 9.65. The zero-order valence-corrected chi connectivity index (χ0v) is 21.4. The quantitative estimate of drug-likeness (QED) is 0.171. The van der Waals surface area contributed by atoms with E-state index < -0.39 is 60.1 Å². The molecule has 0 bridgehead atoms. The summed E-state index contributed by atoms with van der Waals surface area (Å²) in [6.45, 7) is 6.27. The molecule has 0 saturated carbocycles. The minimum absolute atomic E-state index is 0.00324. The lowest BCUT2D eigenvalue weighted by atomic mass is 10.00. The summed E-state index contributed by atoms with van der Waals surface area (Å²) in [5.41, 5.74) is 7.21. The van der Waals surface area contributed by atoms with E-state index in [2.05, 4.69) is 20.9 Å². The van der Waals surface area contributed by atoms with Crippen molar-refractivity contribution < 1.29 is 34.5 Å². The van der Waals surface area contributed by atoms with Crippen molar-refractivity contribution in [2.45, 2.75) is 76.9 Å². The van der Waals surface area contributed by atoms with E-state index in [0.29, 0.717) is 5.56 Å². The zero-order valence-electron chi connectivity index (χ0n) is 21.4. The van der Waals surface area contributed by atoms with Crippen LogP contribution in [0.3, 0.4) is 0 Å². The summed E-state index contributed by atoms with van der Waals surface area (Å²) >= 11 is 0. The standard InChI is InChI=1S/C25H37N5O7/c1-12(2)9-18(29-24(35)20(26)13(3)31)22(33)28-19(23(34)30-21(14(4)32)25(36)37)10-15-11-27-17-8-6-5-7-16(15)17/h5-8,11-14,18-21,27,31-32H,9-10,26H2,1-4H3,(H,28,33)(H,29,35)(H,30,34)(H,36,37)/t13-,14-,18+,19+,20+,21+/m1/s1. The molecular formula is C25H37N5O7. The molecule has 0 aliphatic carbocycles. The number of carboxylic acids is 1. The first-order valence-corrected chi connectivity index (χ1v) is 12.1. The molecule has 6 atom stereocenters. The highest BCUT2D eigenvalue weighted by Gasteiger charge is 2.33. The first-order chi connectivity index (χ1) is 17.3. The minimum atomic E-state index is -1.59. The molecule has 0 radical (unpaired) electrons. The third-order valence-corrected chi connectivity index (χ3v) is 5.94. The van der Waals surface area contributed by atoms with Gasteiger partial charge in [0.2, 0.25) is 17.7 Å². The van der Waals surface area contributed by atoms with Gasteiger partial charge in [-0.1, -0.05) is 32.0 Å². The van der Waals surface area contributed by atoms with Crippen LogP contribution in [0.25, 0.3) is 10.9 Å². The number of fused-ring (bicyclic) bond motifs is 1. The highest BCUT2D eigenvalue weighted by atomic mass is 16.4. The van der Waals surface area contributed by atoms with Crippen LogP contribution in [0.15, 0.2) is 30.5 Å². The maximum Gasteiger partial charge on any atom is 0.328 e. The molecule has 1 heterocycles. The Labute approximate surface area is 215 Å². The van der Waals surface area contributed by atoms with Crippen LogP contribution >= 0.6 is 0 Å². The van der Waals surface area contributed by atoms with Crippen LogP contribution in [0.1, 0.15) is 39.7 Å². The van der Waals surface area contributed by atoms with Crippen LogP contribution < -0.4 is 21.7 Å². The number of nitrogens with two attached hydrogens (primary N) is 1. The number of carbonyl (C=O) groups excluding carboxylic acids is 3. The molecule has 204 valence electrons. The van der Waals surface area contributed by atoms with Gasteiger partial charge in [0.25, 0.3) is 0 Å². The van der Waals surface area contributed by atoms with Gasteiger partial charge < -0.3 is 42.0 Å². The van der Waals surface area contributed by atoms with Gasteiger partial charge in [0, 0.05) is 23.5 Å². The Morgan fingerprint density at radius 3 is 2.05 bits per heavy atom. The summed E-state index contributed by atoms with van der Waals surface area (Å²) in [6.07, 6.45) is -0.618. The third kappa shape index (κ3) is 8.27. The van der Waals surface area contributed by atoms with Gasteiger partial charge in [0.05, 0.1) is 12.2 Å². The molecule has 37 heavy (non-hydrogen) atoms. The maximum absolute atomic E-state index is 13.3. The van der Waals surface area contributed by atoms with E-state index in [1.165, 1.54) is 13.8 Å². The Hall–Kier alpha value is -3.48. The number of aromatic amines is 1. The van der Waals surface area contributed by atoms with Crippen molar-refractivity contribution in [1.82, 2.24) is 20.9 Å². The molecule has 0 aliphatic rings. The number of carbonyl (C=O) groups is 4. The molecule has 0 unspecified atom stereocenters. The van der Waals surface area contributed by atoms with Crippen LogP contribution in [0.2, 0.25) is 0 Å². The second-order valence-electron chi connectivity index (χ2n) is 9.65. The van der Waals surface area contributed by atoms with Crippen molar-refractivity contribution in [1.29, 1.82) is 0 Å². The number of hydrogen-bond donors (Lipinski definition) is 8. The average Bonchev–Trinajstić information content (AvgIpc) is 3.22. The number of nitrogens with one attached hydrogen (secondary N) is 4. The Morgan fingerprint density at radius 2 is 1.49 bits per heavy atom. The number of aromatic nitrogens is 1. The van der Waals surface area contributed by atoms with Crippen LogP contribution in [0, 0.1) is 5.92 Å². The molecule has 0 aliphatic heterocycles. The van der Waals surface area contributed by atoms with Crippen molar-refractivity contribution in [3.05, 3.63) is 36.0 Å².